The number of carbonyl (C=O) groups excluding carboxylic acids is 2. The number of hydrogen-bond acceptors (Lipinski definition) is 4. The number of rotatable bonds is 7. The number of nitrogens with one attached hydrogen (secondary N) is 2. The molecule has 1 saturated carbocycles. The molecule has 6 heteroatoms. The lowest BCUT2D eigenvalue weighted by molar-refractivity contribution is -0.123. The van der Waals surface area contributed by atoms with Gasteiger partial charge in [-0.3, -0.25) is 9.59 Å². The first kappa shape index (κ1) is 18.7. The first-order valence-electron chi connectivity index (χ1n) is 9.88. The number of pyridine rings is 1. The van der Waals surface area contributed by atoms with Gasteiger partial charge in [0, 0.05) is 44.7 Å². The van der Waals surface area contributed by atoms with E-state index in [1.54, 1.807) is 0 Å². The molecule has 2 aliphatic rings. The summed E-state index contributed by atoms with van der Waals surface area (Å²) in [5, 5.41) is 5.73. The van der Waals surface area contributed by atoms with Gasteiger partial charge in [0.25, 0.3) is 0 Å². The first-order chi connectivity index (χ1) is 12.6. The summed E-state index contributed by atoms with van der Waals surface area (Å²) in [5.41, 5.74) is 0.993. The van der Waals surface area contributed by atoms with Gasteiger partial charge in [-0.15, -0.1) is 0 Å². The van der Waals surface area contributed by atoms with E-state index in [1.807, 2.05) is 18.3 Å². The predicted octanol–water partition coefficient (Wildman–Crippen LogP) is 2.24. The fourth-order valence-electron chi connectivity index (χ4n) is 3.41. The van der Waals surface area contributed by atoms with Crippen LogP contribution < -0.4 is 15.5 Å². The Kier molecular flexibility index (Phi) is 6.47. The number of amides is 2. The molecule has 0 spiro atoms. The molecule has 0 bridgehead atoms. The standard InChI is InChI=1S/C20H30N4O2/c1-15-12-17(15)20(26)21-9-8-19(25)23-14-16-6-7-18(22-13-16)24-10-4-2-3-5-11-24/h6-7,13,15,17H,2-5,8-12,14H2,1H3,(H,21,26)(H,23,25)/t15-,17+/m0/s1. The second kappa shape index (κ2) is 9.01. The quantitative estimate of drug-likeness (QED) is 0.784. The summed E-state index contributed by atoms with van der Waals surface area (Å²) >= 11 is 0. The summed E-state index contributed by atoms with van der Waals surface area (Å²) in [7, 11) is 0. The average Bonchev–Trinajstić information content (AvgIpc) is 3.43. The fourth-order valence-corrected chi connectivity index (χ4v) is 3.41. The van der Waals surface area contributed by atoms with Crippen LogP contribution in [0.15, 0.2) is 18.3 Å². The largest absolute Gasteiger partial charge is 0.357 e. The highest BCUT2D eigenvalue weighted by Crippen LogP contribution is 2.37. The average molecular weight is 358 g/mol. The van der Waals surface area contributed by atoms with Crippen LogP contribution in [-0.2, 0) is 16.1 Å². The minimum absolute atomic E-state index is 0.0502. The van der Waals surface area contributed by atoms with Crippen LogP contribution in [0.2, 0.25) is 0 Å². The van der Waals surface area contributed by atoms with E-state index in [1.165, 1.54) is 25.7 Å². The Morgan fingerprint density at radius 2 is 1.88 bits per heavy atom. The molecule has 1 aliphatic heterocycles. The molecule has 2 atom stereocenters. The third kappa shape index (κ3) is 5.44. The third-order valence-electron chi connectivity index (χ3n) is 5.33. The lowest BCUT2D eigenvalue weighted by Crippen LogP contribution is -2.31. The van der Waals surface area contributed by atoms with Crippen molar-refractivity contribution >= 4 is 17.6 Å². The maximum Gasteiger partial charge on any atom is 0.223 e. The van der Waals surface area contributed by atoms with Gasteiger partial charge < -0.3 is 15.5 Å². The molecule has 2 amide bonds. The summed E-state index contributed by atoms with van der Waals surface area (Å²) in [6, 6.07) is 4.08. The summed E-state index contributed by atoms with van der Waals surface area (Å²) in [4.78, 5) is 30.5. The Balaban J connectivity index is 1.36. The predicted molar refractivity (Wildman–Crippen MR) is 102 cm³/mol. The second-order valence-electron chi connectivity index (χ2n) is 7.56. The summed E-state index contributed by atoms with van der Waals surface area (Å²) in [5.74, 6) is 1.71. The number of anilines is 1. The number of hydrogen-bond donors (Lipinski definition) is 2. The van der Waals surface area contributed by atoms with Crippen molar-refractivity contribution in [3.63, 3.8) is 0 Å². The molecular formula is C20H30N4O2. The van der Waals surface area contributed by atoms with Crippen molar-refractivity contribution in [1.29, 1.82) is 0 Å². The van der Waals surface area contributed by atoms with Crippen molar-refractivity contribution in [2.75, 3.05) is 24.5 Å². The van der Waals surface area contributed by atoms with Crippen LogP contribution in [-0.4, -0.2) is 36.4 Å². The molecule has 3 rings (SSSR count). The Morgan fingerprint density at radius 3 is 2.50 bits per heavy atom. The lowest BCUT2D eigenvalue weighted by atomic mass is 10.2. The topological polar surface area (TPSA) is 74.3 Å². The third-order valence-corrected chi connectivity index (χ3v) is 5.33. The Bertz CT molecular complexity index is 609. The van der Waals surface area contributed by atoms with Crippen LogP contribution in [0.1, 0.15) is 51.0 Å². The van der Waals surface area contributed by atoms with Gasteiger partial charge in [-0.1, -0.05) is 25.8 Å². The molecule has 1 aliphatic carbocycles. The smallest absolute Gasteiger partial charge is 0.223 e. The highest BCUT2D eigenvalue weighted by atomic mass is 16.2. The van der Waals surface area contributed by atoms with E-state index in [9.17, 15) is 9.59 Å². The number of carbonyl (C=O) groups is 2. The van der Waals surface area contributed by atoms with E-state index in [-0.39, 0.29) is 17.7 Å². The van der Waals surface area contributed by atoms with Crippen LogP contribution in [0.5, 0.6) is 0 Å². The van der Waals surface area contributed by atoms with E-state index in [2.05, 4.69) is 27.4 Å². The minimum atomic E-state index is -0.0502. The highest BCUT2D eigenvalue weighted by molar-refractivity contribution is 5.82. The van der Waals surface area contributed by atoms with Crippen LogP contribution in [0.25, 0.3) is 0 Å². The van der Waals surface area contributed by atoms with Gasteiger partial charge in [0.2, 0.25) is 11.8 Å². The molecule has 2 fully saturated rings. The van der Waals surface area contributed by atoms with Gasteiger partial charge in [-0.2, -0.15) is 0 Å². The van der Waals surface area contributed by atoms with Gasteiger partial charge >= 0.3 is 0 Å². The van der Waals surface area contributed by atoms with Gasteiger partial charge in [0.15, 0.2) is 0 Å². The second-order valence-corrected chi connectivity index (χ2v) is 7.56. The van der Waals surface area contributed by atoms with E-state index in [4.69, 9.17) is 0 Å². The van der Waals surface area contributed by atoms with E-state index in [0.717, 1.165) is 30.9 Å². The van der Waals surface area contributed by atoms with Gasteiger partial charge in [-0.25, -0.2) is 4.98 Å². The normalized spacial score (nSPS) is 22.4. The molecule has 2 heterocycles. The van der Waals surface area contributed by atoms with Crippen molar-refractivity contribution in [3.8, 4) is 0 Å². The van der Waals surface area contributed by atoms with Crippen molar-refractivity contribution in [3.05, 3.63) is 23.9 Å². The molecule has 0 aromatic carbocycles. The molecule has 1 aromatic heterocycles. The number of aromatic nitrogens is 1. The Labute approximate surface area is 155 Å². The van der Waals surface area contributed by atoms with Crippen molar-refractivity contribution in [2.45, 2.75) is 52.0 Å². The molecule has 1 aromatic rings. The van der Waals surface area contributed by atoms with Crippen LogP contribution >= 0.6 is 0 Å². The van der Waals surface area contributed by atoms with Crippen molar-refractivity contribution in [1.82, 2.24) is 15.6 Å². The van der Waals surface area contributed by atoms with E-state index < -0.39 is 0 Å². The highest BCUT2D eigenvalue weighted by Gasteiger charge is 2.38. The maximum atomic E-state index is 11.9. The van der Waals surface area contributed by atoms with Crippen molar-refractivity contribution in [2.24, 2.45) is 11.8 Å². The first-order valence-corrected chi connectivity index (χ1v) is 9.88. The summed E-state index contributed by atoms with van der Waals surface area (Å²) in [6.07, 6.45) is 8.20. The summed E-state index contributed by atoms with van der Waals surface area (Å²) < 4.78 is 0. The fraction of sp³-hybridized carbons (Fsp3) is 0.650. The van der Waals surface area contributed by atoms with Crippen LogP contribution in [0.3, 0.4) is 0 Å². The molecule has 6 nitrogen and oxygen atoms in total. The molecule has 2 N–H and O–H groups in total. The zero-order valence-corrected chi connectivity index (χ0v) is 15.7. The molecule has 1 saturated heterocycles. The molecule has 26 heavy (non-hydrogen) atoms. The Hall–Kier alpha value is -2.11. The van der Waals surface area contributed by atoms with E-state index in [0.29, 0.717) is 25.4 Å². The number of nitrogens with zero attached hydrogens (tertiary/aromatic N) is 2. The van der Waals surface area contributed by atoms with Crippen LogP contribution in [0, 0.1) is 11.8 Å². The monoisotopic (exact) mass is 358 g/mol. The van der Waals surface area contributed by atoms with Crippen LogP contribution in [0.4, 0.5) is 5.82 Å². The molecule has 0 unspecified atom stereocenters. The van der Waals surface area contributed by atoms with Crippen molar-refractivity contribution < 1.29 is 9.59 Å². The molecular weight excluding hydrogens is 328 g/mol. The minimum Gasteiger partial charge on any atom is -0.357 e. The zero-order valence-electron chi connectivity index (χ0n) is 15.7. The van der Waals surface area contributed by atoms with E-state index >= 15 is 0 Å². The van der Waals surface area contributed by atoms with Gasteiger partial charge in [0.1, 0.15) is 5.82 Å². The SMILES string of the molecule is C[C@H]1C[C@H]1C(=O)NCCC(=O)NCc1ccc(N2CCCCCC2)nc1. The lowest BCUT2D eigenvalue weighted by Gasteiger charge is -2.21. The Morgan fingerprint density at radius 1 is 1.15 bits per heavy atom. The molecule has 0 radical (unpaired) electrons. The van der Waals surface area contributed by atoms with Gasteiger partial charge in [0.05, 0.1) is 0 Å². The maximum absolute atomic E-state index is 11.9. The summed E-state index contributed by atoms with van der Waals surface area (Å²) in [6.45, 7) is 5.10. The van der Waals surface area contributed by atoms with Gasteiger partial charge in [-0.05, 0) is 36.8 Å². The zero-order chi connectivity index (χ0) is 18.4. The molecule has 142 valence electrons.